The first-order valence-electron chi connectivity index (χ1n) is 3.18. The number of carbonyl (C=O) groups excluding carboxylic acids is 1. The van der Waals surface area contributed by atoms with Crippen molar-refractivity contribution in [3.8, 4) is 6.07 Å². The number of carbonyl (C=O) groups is 1. The van der Waals surface area contributed by atoms with Crippen LogP contribution in [-0.4, -0.2) is 6.41 Å². The molecule has 0 spiro atoms. The second kappa shape index (κ2) is 3.88. The highest BCUT2D eigenvalue weighted by Gasteiger charge is 1.98. The third-order valence-corrected chi connectivity index (χ3v) is 1.97. The molecule has 0 aliphatic rings. The highest BCUT2D eigenvalue weighted by molar-refractivity contribution is 9.10. The fourth-order valence-electron chi connectivity index (χ4n) is 0.764. The third kappa shape index (κ3) is 1.83. The second-order valence-corrected chi connectivity index (χ2v) is 2.92. The average Bonchev–Trinajstić information content (AvgIpc) is 2.05. The van der Waals surface area contributed by atoms with Gasteiger partial charge < -0.3 is 5.32 Å². The van der Waals surface area contributed by atoms with Gasteiger partial charge >= 0.3 is 0 Å². The van der Waals surface area contributed by atoms with Crippen molar-refractivity contribution in [3.05, 3.63) is 28.2 Å². The van der Waals surface area contributed by atoms with Gasteiger partial charge in [0, 0.05) is 10.2 Å². The topological polar surface area (TPSA) is 52.9 Å². The van der Waals surface area contributed by atoms with Crippen LogP contribution in [0.15, 0.2) is 22.7 Å². The second-order valence-electron chi connectivity index (χ2n) is 2.07. The summed E-state index contributed by atoms with van der Waals surface area (Å²) in [5.41, 5.74) is 1.21. The van der Waals surface area contributed by atoms with Gasteiger partial charge in [0.2, 0.25) is 6.41 Å². The fraction of sp³-hybridized carbons (Fsp3) is 0. The minimum atomic E-state index is 0.548. The number of hydrogen-bond donors (Lipinski definition) is 1. The van der Waals surface area contributed by atoms with Gasteiger partial charge in [-0.15, -0.1) is 0 Å². The lowest BCUT2D eigenvalue weighted by atomic mass is 10.2. The molecule has 4 heteroatoms. The first-order valence-corrected chi connectivity index (χ1v) is 3.97. The molecule has 0 fully saturated rings. The molecule has 1 aromatic carbocycles. The van der Waals surface area contributed by atoms with Crippen LogP contribution in [0.5, 0.6) is 0 Å². The standard InChI is InChI=1S/C8H5BrN2O/c9-8-3-7(11-5-12)2-1-6(8)4-10/h1-3,5H,(H,11,12). The van der Waals surface area contributed by atoms with E-state index in [0.29, 0.717) is 22.1 Å². The molecular formula is C8H5BrN2O. The molecule has 0 saturated carbocycles. The number of anilines is 1. The molecule has 0 atom stereocenters. The van der Waals surface area contributed by atoms with Crippen LogP contribution in [0.3, 0.4) is 0 Å². The predicted octanol–water partition coefficient (Wildman–Crippen LogP) is 1.89. The van der Waals surface area contributed by atoms with E-state index in [1.165, 1.54) is 0 Å². The van der Waals surface area contributed by atoms with Gasteiger partial charge in [-0.05, 0) is 34.1 Å². The van der Waals surface area contributed by atoms with E-state index in [1.54, 1.807) is 18.2 Å². The summed E-state index contributed by atoms with van der Waals surface area (Å²) in [4.78, 5) is 10.0. The van der Waals surface area contributed by atoms with Crippen LogP contribution in [0.2, 0.25) is 0 Å². The smallest absolute Gasteiger partial charge is 0.211 e. The van der Waals surface area contributed by atoms with Crippen molar-refractivity contribution in [3.63, 3.8) is 0 Å². The minimum Gasteiger partial charge on any atom is -0.329 e. The Bertz CT molecular complexity index is 343. The monoisotopic (exact) mass is 224 g/mol. The fourth-order valence-corrected chi connectivity index (χ4v) is 1.23. The Hall–Kier alpha value is -1.34. The molecule has 0 radical (unpaired) electrons. The van der Waals surface area contributed by atoms with Crippen LogP contribution in [0.25, 0.3) is 0 Å². The molecule has 0 aliphatic carbocycles. The quantitative estimate of drug-likeness (QED) is 0.781. The Morgan fingerprint density at radius 2 is 2.33 bits per heavy atom. The van der Waals surface area contributed by atoms with Gasteiger partial charge in [0.05, 0.1) is 5.56 Å². The van der Waals surface area contributed by atoms with Crippen LogP contribution < -0.4 is 5.32 Å². The summed E-state index contributed by atoms with van der Waals surface area (Å²) >= 11 is 3.20. The van der Waals surface area contributed by atoms with Gasteiger partial charge in [0.15, 0.2) is 0 Å². The van der Waals surface area contributed by atoms with Gasteiger partial charge in [-0.3, -0.25) is 4.79 Å². The first-order chi connectivity index (χ1) is 5.77. The van der Waals surface area contributed by atoms with Crippen molar-refractivity contribution in [2.45, 2.75) is 0 Å². The maximum atomic E-state index is 10.0. The van der Waals surface area contributed by atoms with Crippen molar-refractivity contribution in [1.29, 1.82) is 5.26 Å². The Morgan fingerprint density at radius 1 is 1.58 bits per heavy atom. The van der Waals surface area contributed by atoms with Crippen LogP contribution in [-0.2, 0) is 4.79 Å². The van der Waals surface area contributed by atoms with Crippen molar-refractivity contribution in [2.24, 2.45) is 0 Å². The van der Waals surface area contributed by atoms with E-state index in [-0.39, 0.29) is 0 Å². The van der Waals surface area contributed by atoms with Crippen molar-refractivity contribution < 1.29 is 4.79 Å². The summed E-state index contributed by atoms with van der Waals surface area (Å²) in [7, 11) is 0. The molecule has 0 bridgehead atoms. The third-order valence-electron chi connectivity index (χ3n) is 1.32. The molecule has 12 heavy (non-hydrogen) atoms. The highest BCUT2D eigenvalue weighted by Crippen LogP contribution is 2.20. The molecule has 0 heterocycles. The summed E-state index contributed by atoms with van der Waals surface area (Å²) in [5, 5.41) is 11.0. The minimum absolute atomic E-state index is 0.548. The largest absolute Gasteiger partial charge is 0.329 e. The number of hydrogen-bond acceptors (Lipinski definition) is 2. The Balaban J connectivity index is 3.03. The van der Waals surface area contributed by atoms with Gasteiger partial charge in [0.1, 0.15) is 6.07 Å². The molecular weight excluding hydrogens is 220 g/mol. The highest BCUT2D eigenvalue weighted by atomic mass is 79.9. The number of halogens is 1. The molecule has 3 nitrogen and oxygen atoms in total. The zero-order valence-electron chi connectivity index (χ0n) is 6.04. The van der Waals surface area contributed by atoms with Crippen LogP contribution in [0.1, 0.15) is 5.56 Å². The normalized spacial score (nSPS) is 8.67. The van der Waals surface area contributed by atoms with Gasteiger partial charge in [-0.25, -0.2) is 0 Å². The lowest BCUT2D eigenvalue weighted by Gasteiger charge is -1.99. The molecule has 1 rings (SSSR count). The molecule has 0 aliphatic heterocycles. The molecule has 1 amide bonds. The van der Waals surface area contributed by atoms with Crippen molar-refractivity contribution in [1.82, 2.24) is 0 Å². The zero-order chi connectivity index (χ0) is 8.97. The molecule has 1 N–H and O–H groups in total. The average molecular weight is 225 g/mol. The Morgan fingerprint density at radius 3 is 2.83 bits per heavy atom. The molecule has 0 unspecified atom stereocenters. The summed E-state index contributed by atoms with van der Waals surface area (Å²) in [6.45, 7) is 0. The number of nitriles is 1. The van der Waals surface area contributed by atoms with Crippen molar-refractivity contribution >= 4 is 28.0 Å². The van der Waals surface area contributed by atoms with E-state index in [2.05, 4.69) is 21.2 Å². The lowest BCUT2D eigenvalue weighted by molar-refractivity contribution is -0.105. The van der Waals surface area contributed by atoms with Crippen molar-refractivity contribution in [2.75, 3.05) is 5.32 Å². The number of benzene rings is 1. The predicted molar refractivity (Wildman–Crippen MR) is 48.5 cm³/mol. The molecule has 0 saturated heterocycles. The summed E-state index contributed by atoms with van der Waals surface area (Å²) in [6, 6.07) is 6.97. The van der Waals surface area contributed by atoms with E-state index >= 15 is 0 Å². The zero-order valence-corrected chi connectivity index (χ0v) is 7.63. The van der Waals surface area contributed by atoms with E-state index in [4.69, 9.17) is 5.26 Å². The Labute approximate surface area is 78.1 Å². The molecule has 0 aromatic heterocycles. The molecule has 1 aromatic rings. The maximum absolute atomic E-state index is 10.0. The number of rotatable bonds is 2. The van der Waals surface area contributed by atoms with Gasteiger partial charge in [0.25, 0.3) is 0 Å². The number of nitrogens with zero attached hydrogens (tertiary/aromatic N) is 1. The summed E-state index contributed by atoms with van der Waals surface area (Å²) in [6.07, 6.45) is 0.591. The van der Waals surface area contributed by atoms with E-state index < -0.39 is 0 Å². The maximum Gasteiger partial charge on any atom is 0.211 e. The van der Waals surface area contributed by atoms with Crippen LogP contribution in [0, 0.1) is 11.3 Å². The Kier molecular flexibility index (Phi) is 2.83. The SMILES string of the molecule is N#Cc1ccc(NC=O)cc1Br. The van der Waals surface area contributed by atoms with Crippen LogP contribution in [0.4, 0.5) is 5.69 Å². The van der Waals surface area contributed by atoms with Gasteiger partial charge in [-0.2, -0.15) is 5.26 Å². The lowest BCUT2D eigenvalue weighted by Crippen LogP contribution is -1.93. The molecule has 60 valence electrons. The van der Waals surface area contributed by atoms with Crippen LogP contribution >= 0.6 is 15.9 Å². The number of nitrogens with one attached hydrogen (secondary N) is 1. The summed E-state index contributed by atoms with van der Waals surface area (Å²) < 4.78 is 0.678. The van der Waals surface area contributed by atoms with E-state index in [9.17, 15) is 4.79 Å². The van der Waals surface area contributed by atoms with E-state index in [0.717, 1.165) is 0 Å². The number of amides is 1. The first kappa shape index (κ1) is 8.75. The van der Waals surface area contributed by atoms with Gasteiger partial charge in [-0.1, -0.05) is 0 Å². The van der Waals surface area contributed by atoms with E-state index in [1.807, 2.05) is 6.07 Å². The summed E-state index contributed by atoms with van der Waals surface area (Å²) in [5.74, 6) is 0.